The van der Waals surface area contributed by atoms with Crippen molar-refractivity contribution >= 4 is 16.7 Å². The molecule has 0 aliphatic carbocycles. The number of benzene rings is 2. The Balaban J connectivity index is 2.31. The van der Waals surface area contributed by atoms with Gasteiger partial charge in [-0.1, -0.05) is 24.3 Å². The first-order valence-corrected chi connectivity index (χ1v) is 5.54. The topological polar surface area (TPSA) is 75.8 Å². The van der Waals surface area contributed by atoms with Gasteiger partial charge in [0.2, 0.25) is 17.5 Å². The maximum atomic E-state index is 13.7. The zero-order chi connectivity index (χ0) is 13.4. The molecular formula is C14H8FN3O. The Morgan fingerprint density at radius 1 is 1.16 bits per heavy atom. The van der Waals surface area contributed by atoms with Crippen molar-refractivity contribution in [3.8, 4) is 17.5 Å². The molecule has 2 N–H and O–H groups in total. The van der Waals surface area contributed by atoms with Gasteiger partial charge in [-0.05, 0) is 17.5 Å². The number of hydrogen-bond acceptors (Lipinski definition) is 4. The molecule has 3 rings (SSSR count). The van der Waals surface area contributed by atoms with Crippen LogP contribution in [0.4, 0.5) is 10.3 Å². The lowest BCUT2D eigenvalue weighted by molar-refractivity contribution is 0.594. The first-order valence-electron chi connectivity index (χ1n) is 5.54. The summed E-state index contributed by atoms with van der Waals surface area (Å²) in [6.45, 7) is 0. The van der Waals surface area contributed by atoms with E-state index in [0.717, 1.165) is 0 Å². The quantitative estimate of drug-likeness (QED) is 0.723. The second-order valence-corrected chi connectivity index (χ2v) is 3.98. The Morgan fingerprint density at radius 3 is 2.58 bits per heavy atom. The largest absolute Gasteiger partial charge is 0.419 e. The summed E-state index contributed by atoms with van der Waals surface area (Å²) in [6.07, 6.45) is 0. The van der Waals surface area contributed by atoms with Gasteiger partial charge in [-0.2, -0.15) is 10.2 Å². The monoisotopic (exact) mass is 253 g/mol. The van der Waals surface area contributed by atoms with Gasteiger partial charge in [-0.3, -0.25) is 0 Å². The van der Waals surface area contributed by atoms with E-state index in [0.29, 0.717) is 16.3 Å². The molecule has 0 aliphatic rings. The molecule has 0 amide bonds. The first-order chi connectivity index (χ1) is 9.20. The fourth-order valence-electron chi connectivity index (χ4n) is 1.98. The van der Waals surface area contributed by atoms with Crippen LogP contribution in [0.2, 0.25) is 0 Å². The molecule has 19 heavy (non-hydrogen) atoms. The van der Waals surface area contributed by atoms with Crippen LogP contribution in [-0.2, 0) is 0 Å². The van der Waals surface area contributed by atoms with E-state index in [1.54, 1.807) is 30.3 Å². The standard InChI is InChI=1S/C14H8FN3O/c15-11-6-5-10(8-3-1-2-4-9(8)11)14-18-12(7-16)13(17)19-14/h1-6H,17H2. The molecule has 0 aliphatic heterocycles. The molecule has 0 saturated heterocycles. The van der Waals surface area contributed by atoms with Crippen LogP contribution in [0.3, 0.4) is 0 Å². The zero-order valence-electron chi connectivity index (χ0n) is 9.72. The van der Waals surface area contributed by atoms with Gasteiger partial charge in [0.25, 0.3) is 0 Å². The summed E-state index contributed by atoms with van der Waals surface area (Å²) >= 11 is 0. The number of halogens is 1. The number of anilines is 1. The van der Waals surface area contributed by atoms with Crippen LogP contribution in [0.15, 0.2) is 40.8 Å². The number of rotatable bonds is 1. The molecule has 0 fully saturated rings. The summed E-state index contributed by atoms with van der Waals surface area (Å²) in [6, 6.07) is 11.7. The van der Waals surface area contributed by atoms with Crippen molar-refractivity contribution in [1.29, 1.82) is 5.26 Å². The molecule has 1 aromatic heterocycles. The third-order valence-corrected chi connectivity index (χ3v) is 2.86. The highest BCUT2D eigenvalue weighted by Crippen LogP contribution is 2.31. The molecule has 5 heteroatoms. The van der Waals surface area contributed by atoms with Gasteiger partial charge in [-0.15, -0.1) is 0 Å². The molecule has 1 heterocycles. The molecule has 0 saturated carbocycles. The molecule has 0 unspecified atom stereocenters. The van der Waals surface area contributed by atoms with Crippen LogP contribution in [0.5, 0.6) is 0 Å². The summed E-state index contributed by atoms with van der Waals surface area (Å²) in [7, 11) is 0. The SMILES string of the molecule is N#Cc1nc(-c2ccc(F)c3ccccc23)oc1N. The van der Waals surface area contributed by atoms with Gasteiger partial charge < -0.3 is 10.2 Å². The Kier molecular flexibility index (Phi) is 2.43. The third kappa shape index (κ3) is 1.70. The Labute approximate surface area is 107 Å². The average molecular weight is 253 g/mol. The predicted molar refractivity (Wildman–Crippen MR) is 68.5 cm³/mol. The van der Waals surface area contributed by atoms with Gasteiger partial charge in [0.15, 0.2) is 0 Å². The summed E-state index contributed by atoms with van der Waals surface area (Å²) in [5.74, 6) is -0.143. The molecule has 0 bridgehead atoms. The van der Waals surface area contributed by atoms with Crippen LogP contribution in [0.25, 0.3) is 22.2 Å². The zero-order valence-corrected chi connectivity index (χ0v) is 9.72. The number of aromatic nitrogens is 1. The second-order valence-electron chi connectivity index (χ2n) is 3.98. The van der Waals surface area contributed by atoms with Gasteiger partial charge in [0, 0.05) is 10.9 Å². The number of hydrogen-bond donors (Lipinski definition) is 1. The minimum absolute atomic E-state index is 0.0309. The summed E-state index contributed by atoms with van der Waals surface area (Å²) < 4.78 is 19.0. The van der Waals surface area contributed by atoms with Gasteiger partial charge in [0.1, 0.15) is 11.9 Å². The number of oxazole rings is 1. The first kappa shape index (κ1) is 11.2. The average Bonchev–Trinajstić information content (AvgIpc) is 2.80. The molecule has 0 atom stereocenters. The number of nitrogen functional groups attached to an aromatic ring is 1. The Bertz CT molecular complexity index is 817. The molecule has 2 aromatic carbocycles. The summed E-state index contributed by atoms with van der Waals surface area (Å²) in [5, 5.41) is 9.95. The van der Waals surface area contributed by atoms with Gasteiger partial charge in [0.05, 0.1) is 0 Å². The van der Waals surface area contributed by atoms with E-state index in [9.17, 15) is 4.39 Å². The lowest BCUT2D eigenvalue weighted by Gasteiger charge is -2.03. The van der Waals surface area contributed by atoms with Crippen LogP contribution >= 0.6 is 0 Å². The van der Waals surface area contributed by atoms with Crippen molar-refractivity contribution in [2.75, 3.05) is 5.73 Å². The van der Waals surface area contributed by atoms with Crippen LogP contribution < -0.4 is 5.73 Å². The normalized spacial score (nSPS) is 10.5. The minimum Gasteiger partial charge on any atom is -0.419 e. The Morgan fingerprint density at radius 2 is 1.89 bits per heavy atom. The second kappa shape index (κ2) is 4.10. The molecule has 3 aromatic rings. The van der Waals surface area contributed by atoms with E-state index in [1.807, 2.05) is 6.07 Å². The van der Waals surface area contributed by atoms with Crippen LogP contribution in [0, 0.1) is 17.1 Å². The molecule has 92 valence electrons. The maximum Gasteiger partial charge on any atom is 0.230 e. The summed E-state index contributed by atoms with van der Waals surface area (Å²) in [4.78, 5) is 4.00. The third-order valence-electron chi connectivity index (χ3n) is 2.86. The molecule has 0 radical (unpaired) electrons. The van der Waals surface area contributed by atoms with E-state index < -0.39 is 0 Å². The maximum absolute atomic E-state index is 13.7. The van der Waals surface area contributed by atoms with Crippen molar-refractivity contribution in [2.24, 2.45) is 0 Å². The highest BCUT2D eigenvalue weighted by Gasteiger charge is 2.15. The minimum atomic E-state index is -0.320. The summed E-state index contributed by atoms with van der Waals surface area (Å²) in [5.41, 5.74) is 6.17. The lowest BCUT2D eigenvalue weighted by atomic mass is 10.0. The fraction of sp³-hybridized carbons (Fsp3) is 0. The number of nitriles is 1. The van der Waals surface area contributed by atoms with Crippen molar-refractivity contribution in [3.05, 3.63) is 47.9 Å². The van der Waals surface area contributed by atoms with E-state index >= 15 is 0 Å². The Hall–Kier alpha value is -2.87. The van der Waals surface area contributed by atoms with E-state index in [2.05, 4.69) is 4.98 Å². The predicted octanol–water partition coefficient (Wildman–Crippen LogP) is 3.09. The van der Waals surface area contributed by atoms with Crippen LogP contribution in [-0.4, -0.2) is 4.98 Å². The van der Waals surface area contributed by atoms with Crippen molar-refractivity contribution in [3.63, 3.8) is 0 Å². The van der Waals surface area contributed by atoms with Crippen molar-refractivity contribution in [2.45, 2.75) is 0 Å². The van der Waals surface area contributed by atoms with E-state index in [-0.39, 0.29) is 23.3 Å². The van der Waals surface area contributed by atoms with E-state index in [1.165, 1.54) is 6.07 Å². The highest BCUT2D eigenvalue weighted by molar-refractivity contribution is 5.95. The van der Waals surface area contributed by atoms with Crippen molar-refractivity contribution < 1.29 is 8.81 Å². The number of nitrogens with zero attached hydrogens (tertiary/aromatic N) is 2. The van der Waals surface area contributed by atoms with Gasteiger partial charge >= 0.3 is 0 Å². The van der Waals surface area contributed by atoms with Crippen molar-refractivity contribution in [1.82, 2.24) is 4.98 Å². The molecule has 4 nitrogen and oxygen atoms in total. The number of nitrogens with two attached hydrogens (primary N) is 1. The van der Waals surface area contributed by atoms with E-state index in [4.69, 9.17) is 15.4 Å². The van der Waals surface area contributed by atoms with Gasteiger partial charge in [-0.25, -0.2) is 4.39 Å². The fourth-order valence-corrected chi connectivity index (χ4v) is 1.98. The highest BCUT2D eigenvalue weighted by atomic mass is 19.1. The smallest absolute Gasteiger partial charge is 0.230 e. The molecular weight excluding hydrogens is 245 g/mol. The molecule has 0 spiro atoms. The lowest BCUT2D eigenvalue weighted by Crippen LogP contribution is -1.85. The number of fused-ring (bicyclic) bond motifs is 1. The van der Waals surface area contributed by atoms with Crippen LogP contribution in [0.1, 0.15) is 5.69 Å².